The summed E-state index contributed by atoms with van der Waals surface area (Å²) in [7, 11) is 3.18. The van der Waals surface area contributed by atoms with Crippen LogP contribution in [0.25, 0.3) is 77.9 Å². The fourth-order valence-corrected chi connectivity index (χ4v) is 13.3. The van der Waals surface area contributed by atoms with E-state index >= 15 is 0 Å². The fraction of sp³-hybridized carbons (Fsp3) is 0.167. The number of aliphatic hydroxyl groups is 2. The van der Waals surface area contributed by atoms with Crippen LogP contribution in [0, 0.1) is 0 Å². The van der Waals surface area contributed by atoms with E-state index in [1.54, 1.807) is 63.3 Å². The molecule has 1 atom stereocenters. The Morgan fingerprint density at radius 2 is 0.761 bits per heavy atom. The van der Waals surface area contributed by atoms with Crippen LogP contribution < -0.4 is 41.9 Å². The number of hydrogen-bond donors (Lipinski definition) is 10. The van der Waals surface area contributed by atoms with Crippen molar-refractivity contribution in [2.75, 3.05) is 84.5 Å². The molecule has 134 heavy (non-hydrogen) atoms. The SMILES string of the molecule is CC(C)(O)C(=O)Nc1oncc1-c1ccccc1.CN(C)C(=O)CNc1oncc1-c1ccccc1.CN1CCCCC1C(=O)Nc1oncc1-c1ccccc1.CNC(=O)CCC(=O)Nc1oncc1-c1ccccc1.O=C(CO)Nc1oncc1-c1ccccc1.O=C(Nc1oncc1-c1ccccc1)c1cccnc1.O=S(=O)(Nc1oncc1-c1ccccc1)c1cccnc1. The second-order valence-electron chi connectivity index (χ2n) is 29.6. The first-order chi connectivity index (χ1) is 64.9. The molecule has 0 aliphatic carbocycles. The van der Waals surface area contributed by atoms with Crippen LogP contribution in [0.15, 0.2) is 341 Å². The van der Waals surface area contributed by atoms with Crippen LogP contribution in [0.5, 0.6) is 0 Å². The molecule has 9 aromatic heterocycles. The van der Waals surface area contributed by atoms with E-state index in [2.05, 4.69) is 92.9 Å². The number of aliphatic hydroxyl groups excluding tert-OH is 1. The highest BCUT2D eigenvalue weighted by molar-refractivity contribution is 7.92. The Hall–Kier alpha value is -17.0. The summed E-state index contributed by atoms with van der Waals surface area (Å²) in [4.78, 5) is 92.8. The zero-order chi connectivity index (χ0) is 95.0. The number of likely N-dealkylation sites (N-methyl/N-ethyl adjacent to an activating group) is 2. The molecule has 10 heterocycles. The molecule has 1 unspecified atom stereocenters. The summed E-state index contributed by atoms with van der Waals surface area (Å²) in [6.07, 6.45) is 20.1. The quantitative estimate of drug-likeness (QED) is 0.0254. The van der Waals surface area contributed by atoms with Crippen molar-refractivity contribution in [2.45, 2.75) is 62.5 Å². The summed E-state index contributed by atoms with van der Waals surface area (Å²) < 4.78 is 62.3. The summed E-state index contributed by atoms with van der Waals surface area (Å²) >= 11 is 0. The molecule has 7 amide bonds. The Morgan fingerprint density at radius 3 is 1.12 bits per heavy atom. The van der Waals surface area contributed by atoms with Gasteiger partial charge in [-0.2, -0.15) is 0 Å². The summed E-state index contributed by atoms with van der Waals surface area (Å²) in [6, 6.07) is 73.0. The van der Waals surface area contributed by atoms with Crippen molar-refractivity contribution in [1.82, 2.24) is 61.2 Å². The average Bonchev–Trinajstić information content (AvgIpc) is 1.63. The van der Waals surface area contributed by atoms with E-state index in [1.807, 2.05) is 219 Å². The molecule has 1 aliphatic heterocycles. The standard InChI is InChI=1S/C16H19N3O2.C15H11N3O2.C14H11N3O3S.C14H15N3O3.C13H15N3O2.C13H14N2O3.C11H10N2O3/c1-19-10-6-5-9-14(19)15(20)18-16-13(11-17-21-16)12-7-3-2-4-8-12;19-14(12-7-4-8-16-9-12)18-15-13(10-17-20-15)11-5-2-1-3-6-11;18-21(19,12-7-4-8-15-9-12)17-14-13(10-16-20-14)11-5-2-1-3-6-11;1-15-12(18)7-8-13(19)17-14-11(9-16-20-14)10-5-3-2-4-6-10;1-16(2)12(17)9-14-13-11(8-15-18-13)10-6-4-3-5-7-10;1-13(2,17)12(16)15-11-10(8-14-18-11)9-6-4-3-5-7-9;14-7-10(15)13-11-9(6-12-16-11)8-4-2-1-3-5-8/h2-4,7-8,11,14H,5-6,9-10H2,1H3,(H,18,20);1-10H,(H,18,19);1-10,17H;2-6,9H,7-8H2,1H3,(H,15,18)(H,17,19);3-8,14H,9H2,1-2H3;3-8,17H,1-2H3,(H,15,16);1-6,14H,7H2,(H,13,15). The van der Waals surface area contributed by atoms with Crippen LogP contribution in [0.4, 0.5) is 41.2 Å². The minimum atomic E-state index is -3.76. The molecule has 0 bridgehead atoms. The smallest absolute Gasteiger partial charge is 0.265 e. The molecule has 17 rings (SSSR count). The lowest BCUT2D eigenvalue weighted by atomic mass is 10.0. The first-order valence-electron chi connectivity index (χ1n) is 41.5. The maximum Gasteiger partial charge on any atom is 0.265 e. The molecular weight excluding hydrogens is 1740 g/mol. The van der Waals surface area contributed by atoms with Crippen LogP contribution in [0.2, 0.25) is 0 Å². The number of nitrogens with zero attached hydrogens (tertiary/aromatic N) is 11. The van der Waals surface area contributed by atoms with Crippen molar-refractivity contribution in [3.63, 3.8) is 0 Å². The van der Waals surface area contributed by atoms with E-state index in [0.717, 1.165) is 81.4 Å². The Labute approximate surface area is 768 Å². The molecule has 1 saturated heterocycles. The van der Waals surface area contributed by atoms with Crippen molar-refractivity contribution in [2.24, 2.45) is 0 Å². The van der Waals surface area contributed by atoms with Gasteiger partial charge >= 0.3 is 0 Å². The van der Waals surface area contributed by atoms with E-state index in [1.165, 1.54) is 69.0 Å². The van der Waals surface area contributed by atoms with E-state index < -0.39 is 34.0 Å². The number of rotatable bonds is 25. The lowest BCUT2D eigenvalue weighted by molar-refractivity contribution is -0.131. The van der Waals surface area contributed by atoms with Gasteiger partial charge < -0.3 is 57.4 Å². The van der Waals surface area contributed by atoms with Gasteiger partial charge in [0.1, 0.15) is 17.1 Å². The van der Waals surface area contributed by atoms with Crippen LogP contribution in [0.1, 0.15) is 56.3 Å². The number of carbonyl (C=O) groups is 7. The topological polar surface area (TPSA) is 505 Å². The van der Waals surface area contributed by atoms with Gasteiger partial charge in [0.2, 0.25) is 64.8 Å². The van der Waals surface area contributed by atoms with Crippen molar-refractivity contribution in [3.05, 3.63) is 310 Å². The Kier molecular flexibility index (Phi) is 36.1. The van der Waals surface area contributed by atoms with Crippen molar-refractivity contribution < 1.29 is 83.9 Å². The molecule has 16 aromatic rings. The molecule has 0 saturated carbocycles. The predicted octanol–water partition coefficient (Wildman–Crippen LogP) is 15.3. The molecule has 38 heteroatoms. The van der Waals surface area contributed by atoms with Crippen molar-refractivity contribution in [3.8, 4) is 77.9 Å². The van der Waals surface area contributed by atoms with Gasteiger partial charge in [0.05, 0.1) is 100 Å². The lowest BCUT2D eigenvalue weighted by Gasteiger charge is -2.30. The van der Waals surface area contributed by atoms with E-state index in [4.69, 9.17) is 36.8 Å². The number of piperidine rings is 1. The van der Waals surface area contributed by atoms with Gasteiger partial charge in [-0.15, -0.1) is 0 Å². The summed E-state index contributed by atoms with van der Waals surface area (Å²) in [5.41, 5.74) is 10.4. The number of carbonyl (C=O) groups excluding carboxylic acids is 7. The second kappa shape index (κ2) is 49.5. The maximum atomic E-state index is 12.4. The first-order valence-corrected chi connectivity index (χ1v) is 43.0. The zero-order valence-electron chi connectivity index (χ0n) is 73.4. The van der Waals surface area contributed by atoms with Gasteiger partial charge in [0.25, 0.3) is 27.7 Å². The minimum absolute atomic E-state index is 0.0221. The highest BCUT2D eigenvalue weighted by Crippen LogP contribution is 2.35. The molecule has 1 fully saturated rings. The number of anilines is 7. The Morgan fingerprint density at radius 1 is 0.418 bits per heavy atom. The van der Waals surface area contributed by atoms with Gasteiger partial charge in [0.15, 0.2) is 0 Å². The number of benzene rings is 7. The number of sulfonamides is 1. The summed E-state index contributed by atoms with van der Waals surface area (Å²) in [6.45, 7) is 3.36. The number of nitrogens with one attached hydrogen (secondary N) is 8. The minimum Gasteiger partial charge on any atom is -0.387 e. The maximum absolute atomic E-state index is 12.4. The van der Waals surface area contributed by atoms with Gasteiger partial charge in [-0.25, -0.2) is 13.1 Å². The monoisotopic (exact) mass is 1830 g/mol. The summed E-state index contributed by atoms with van der Waals surface area (Å²) in [5, 5.41) is 62.7. The third kappa shape index (κ3) is 29.0. The number of hydrogen-bond acceptors (Lipinski definition) is 29. The zero-order valence-corrected chi connectivity index (χ0v) is 74.2. The first kappa shape index (κ1) is 97.6. The fourth-order valence-electron chi connectivity index (χ4n) is 12.3. The molecule has 7 aromatic carbocycles. The Balaban J connectivity index is 0.000000151. The van der Waals surface area contributed by atoms with Crippen LogP contribution in [0.3, 0.4) is 0 Å². The van der Waals surface area contributed by atoms with E-state index in [-0.39, 0.29) is 83.4 Å². The molecule has 688 valence electrons. The normalized spacial score (nSPS) is 11.9. The average molecular weight is 1830 g/mol. The van der Waals surface area contributed by atoms with Gasteiger partial charge in [-0.1, -0.05) is 255 Å². The summed E-state index contributed by atoms with van der Waals surface area (Å²) in [5.74, 6) is 0.214. The third-order valence-electron chi connectivity index (χ3n) is 19.4. The highest BCUT2D eigenvalue weighted by Gasteiger charge is 2.30. The van der Waals surface area contributed by atoms with Crippen molar-refractivity contribution in [1.29, 1.82) is 0 Å². The van der Waals surface area contributed by atoms with Gasteiger partial charge in [-0.05, 0) is 103 Å². The number of aromatic nitrogens is 9. The van der Waals surface area contributed by atoms with Crippen LogP contribution >= 0.6 is 0 Å². The van der Waals surface area contributed by atoms with Crippen LogP contribution in [-0.2, 0) is 38.8 Å². The number of pyridine rings is 2. The predicted molar refractivity (Wildman–Crippen MR) is 499 cm³/mol. The molecule has 1 aliphatic rings. The molecule has 10 N–H and O–H groups in total. The second-order valence-corrected chi connectivity index (χ2v) is 31.3. The molecule has 0 spiro atoms. The highest BCUT2D eigenvalue weighted by atomic mass is 32.2. The van der Waals surface area contributed by atoms with Gasteiger partial charge in [0, 0.05) is 58.8 Å². The van der Waals surface area contributed by atoms with Gasteiger partial charge in [-0.3, -0.25) is 75.0 Å². The third-order valence-corrected chi connectivity index (χ3v) is 20.7. The molecule has 37 nitrogen and oxygen atoms in total. The number of amides is 7. The van der Waals surface area contributed by atoms with E-state index in [9.17, 15) is 47.1 Å². The largest absolute Gasteiger partial charge is 0.387 e. The Bertz CT molecular complexity index is 6460. The van der Waals surface area contributed by atoms with Crippen LogP contribution in [-0.4, -0.2) is 175 Å². The lowest BCUT2D eigenvalue weighted by Crippen LogP contribution is -2.44. The molecule has 0 radical (unpaired) electrons. The number of likely N-dealkylation sites (tertiary alicyclic amines) is 1. The molecular formula is C96H95N19O18S. The van der Waals surface area contributed by atoms with E-state index in [0.29, 0.717) is 45.5 Å². The van der Waals surface area contributed by atoms with Crippen molar-refractivity contribution >= 4 is 92.6 Å².